The van der Waals surface area contributed by atoms with Gasteiger partial charge in [0.05, 0.1) is 0 Å². The van der Waals surface area contributed by atoms with Crippen LogP contribution in [0.4, 0.5) is 5.82 Å². The number of halogens is 1. The Morgan fingerprint density at radius 1 is 1.38 bits per heavy atom. The summed E-state index contributed by atoms with van der Waals surface area (Å²) in [5.41, 5.74) is 1.44. The molecular formula is C16H27BrN4. The quantitative estimate of drug-likeness (QED) is 0.900. The predicted molar refractivity (Wildman–Crippen MR) is 92.8 cm³/mol. The lowest BCUT2D eigenvalue weighted by atomic mass is 9.99. The van der Waals surface area contributed by atoms with Crippen molar-refractivity contribution >= 4 is 21.7 Å². The predicted octanol–water partition coefficient (Wildman–Crippen LogP) is 2.87. The molecule has 1 fully saturated rings. The number of nitrogens with zero attached hydrogens (tertiary/aromatic N) is 3. The number of anilines is 1. The number of rotatable bonds is 4. The fourth-order valence-electron chi connectivity index (χ4n) is 2.62. The van der Waals surface area contributed by atoms with Gasteiger partial charge in [-0.15, -0.1) is 0 Å². The highest BCUT2D eigenvalue weighted by Crippen LogP contribution is 2.27. The van der Waals surface area contributed by atoms with Crippen LogP contribution in [0.3, 0.4) is 0 Å². The first kappa shape index (κ1) is 16.7. The van der Waals surface area contributed by atoms with E-state index in [1.54, 1.807) is 0 Å². The first-order valence-electron chi connectivity index (χ1n) is 7.63. The van der Waals surface area contributed by atoms with E-state index < -0.39 is 0 Å². The number of piperazine rings is 1. The first-order valence-corrected chi connectivity index (χ1v) is 8.43. The SMILES string of the molecule is CC(C)NCc1cc(Br)cnc1N1CCN(C)C(C)(C)C1. The lowest BCUT2D eigenvalue weighted by Gasteiger charge is -2.46. The van der Waals surface area contributed by atoms with Crippen molar-refractivity contribution in [2.45, 2.75) is 45.8 Å². The zero-order chi connectivity index (χ0) is 15.6. The summed E-state index contributed by atoms with van der Waals surface area (Å²) in [6.45, 7) is 12.9. The summed E-state index contributed by atoms with van der Waals surface area (Å²) in [6.07, 6.45) is 1.90. The van der Waals surface area contributed by atoms with Crippen LogP contribution in [0.5, 0.6) is 0 Å². The lowest BCUT2D eigenvalue weighted by molar-refractivity contribution is 0.138. The van der Waals surface area contributed by atoms with Gasteiger partial charge in [0.1, 0.15) is 5.82 Å². The van der Waals surface area contributed by atoms with Crippen molar-refractivity contribution < 1.29 is 0 Å². The van der Waals surface area contributed by atoms with Crippen molar-refractivity contribution in [2.24, 2.45) is 0 Å². The van der Waals surface area contributed by atoms with E-state index in [2.05, 4.69) is 71.9 Å². The third-order valence-electron chi connectivity index (χ3n) is 4.23. The van der Waals surface area contributed by atoms with Crippen molar-refractivity contribution in [2.75, 3.05) is 31.6 Å². The van der Waals surface area contributed by atoms with Crippen LogP contribution >= 0.6 is 15.9 Å². The van der Waals surface area contributed by atoms with E-state index in [0.29, 0.717) is 6.04 Å². The largest absolute Gasteiger partial charge is 0.353 e. The van der Waals surface area contributed by atoms with E-state index in [1.807, 2.05) is 6.20 Å². The molecule has 4 nitrogen and oxygen atoms in total. The molecular weight excluding hydrogens is 328 g/mol. The number of nitrogens with one attached hydrogen (secondary N) is 1. The standard InChI is InChI=1S/C16H27BrN4/c1-12(2)18-9-13-8-14(17)10-19-15(13)21-7-6-20(5)16(3,4)11-21/h8,10,12,18H,6-7,9,11H2,1-5H3. The Labute approximate surface area is 137 Å². The molecule has 1 saturated heterocycles. The average Bonchev–Trinajstić information content (AvgIpc) is 2.39. The molecule has 2 heterocycles. The fraction of sp³-hybridized carbons (Fsp3) is 0.688. The van der Waals surface area contributed by atoms with Gasteiger partial charge in [0.15, 0.2) is 0 Å². The zero-order valence-electron chi connectivity index (χ0n) is 13.8. The molecule has 118 valence electrons. The van der Waals surface area contributed by atoms with Crippen LogP contribution in [0.25, 0.3) is 0 Å². The molecule has 1 aromatic heterocycles. The Bertz CT molecular complexity index is 487. The van der Waals surface area contributed by atoms with Gasteiger partial charge >= 0.3 is 0 Å². The molecule has 0 aromatic carbocycles. The molecule has 0 saturated carbocycles. The van der Waals surface area contributed by atoms with Gasteiger partial charge in [0.25, 0.3) is 0 Å². The highest BCUT2D eigenvalue weighted by molar-refractivity contribution is 9.10. The van der Waals surface area contributed by atoms with Gasteiger partial charge in [-0.3, -0.25) is 4.90 Å². The van der Waals surface area contributed by atoms with Crippen molar-refractivity contribution in [3.63, 3.8) is 0 Å². The molecule has 0 radical (unpaired) electrons. The van der Waals surface area contributed by atoms with E-state index in [1.165, 1.54) is 5.56 Å². The number of hydrogen-bond acceptors (Lipinski definition) is 4. The smallest absolute Gasteiger partial charge is 0.133 e. The van der Waals surface area contributed by atoms with Crippen molar-refractivity contribution in [3.05, 3.63) is 22.3 Å². The van der Waals surface area contributed by atoms with E-state index in [9.17, 15) is 0 Å². The molecule has 1 aliphatic rings. The number of pyridine rings is 1. The molecule has 2 rings (SSSR count). The molecule has 1 N–H and O–H groups in total. The van der Waals surface area contributed by atoms with Crippen molar-refractivity contribution in [1.29, 1.82) is 0 Å². The number of aromatic nitrogens is 1. The summed E-state index contributed by atoms with van der Waals surface area (Å²) in [6, 6.07) is 2.66. The summed E-state index contributed by atoms with van der Waals surface area (Å²) in [4.78, 5) is 9.54. The van der Waals surface area contributed by atoms with Crippen LogP contribution < -0.4 is 10.2 Å². The maximum Gasteiger partial charge on any atom is 0.133 e. The third kappa shape index (κ3) is 4.18. The van der Waals surface area contributed by atoms with Gasteiger partial charge in [0, 0.05) is 54.0 Å². The molecule has 0 aliphatic carbocycles. The Balaban J connectivity index is 2.22. The van der Waals surface area contributed by atoms with Crippen LogP contribution in [-0.2, 0) is 6.54 Å². The van der Waals surface area contributed by atoms with Crippen LogP contribution in [0.2, 0.25) is 0 Å². The monoisotopic (exact) mass is 354 g/mol. The Morgan fingerprint density at radius 2 is 2.10 bits per heavy atom. The minimum atomic E-state index is 0.176. The van der Waals surface area contributed by atoms with E-state index in [4.69, 9.17) is 4.98 Å². The van der Waals surface area contributed by atoms with Crippen LogP contribution in [0.1, 0.15) is 33.3 Å². The summed E-state index contributed by atoms with van der Waals surface area (Å²) >= 11 is 3.54. The molecule has 0 bridgehead atoms. The highest BCUT2D eigenvalue weighted by Gasteiger charge is 2.32. The summed E-state index contributed by atoms with van der Waals surface area (Å²) in [5.74, 6) is 1.12. The summed E-state index contributed by atoms with van der Waals surface area (Å²) in [5, 5.41) is 3.50. The number of hydrogen-bond donors (Lipinski definition) is 1. The molecule has 21 heavy (non-hydrogen) atoms. The van der Waals surface area contributed by atoms with Gasteiger partial charge in [0.2, 0.25) is 0 Å². The normalized spacial score (nSPS) is 19.3. The van der Waals surface area contributed by atoms with Gasteiger partial charge < -0.3 is 10.2 Å². The zero-order valence-corrected chi connectivity index (χ0v) is 15.4. The van der Waals surface area contributed by atoms with E-state index >= 15 is 0 Å². The molecule has 1 aromatic rings. The second kappa shape index (κ2) is 6.63. The Hall–Kier alpha value is -0.650. The maximum absolute atomic E-state index is 4.69. The summed E-state index contributed by atoms with van der Waals surface area (Å²) < 4.78 is 1.04. The topological polar surface area (TPSA) is 31.4 Å². The van der Waals surface area contributed by atoms with Crippen molar-refractivity contribution in [3.8, 4) is 0 Å². The van der Waals surface area contributed by atoms with Gasteiger partial charge in [-0.05, 0) is 42.9 Å². The van der Waals surface area contributed by atoms with Crippen molar-refractivity contribution in [1.82, 2.24) is 15.2 Å². The third-order valence-corrected chi connectivity index (χ3v) is 4.66. The van der Waals surface area contributed by atoms with Gasteiger partial charge in [-0.2, -0.15) is 0 Å². The van der Waals surface area contributed by atoms with Crippen LogP contribution in [-0.4, -0.2) is 48.1 Å². The molecule has 0 atom stereocenters. The average molecular weight is 355 g/mol. The maximum atomic E-state index is 4.69. The molecule has 1 aliphatic heterocycles. The Morgan fingerprint density at radius 3 is 2.71 bits per heavy atom. The van der Waals surface area contributed by atoms with E-state index in [0.717, 1.165) is 36.5 Å². The second-order valence-corrected chi connectivity index (χ2v) is 7.74. The molecule has 5 heteroatoms. The van der Waals surface area contributed by atoms with Crippen LogP contribution in [0.15, 0.2) is 16.7 Å². The molecule has 0 spiro atoms. The highest BCUT2D eigenvalue weighted by atomic mass is 79.9. The summed E-state index contributed by atoms with van der Waals surface area (Å²) in [7, 11) is 2.20. The Kier molecular flexibility index (Phi) is 5.28. The molecule has 0 amide bonds. The van der Waals surface area contributed by atoms with Crippen LogP contribution in [0, 0.1) is 0 Å². The minimum Gasteiger partial charge on any atom is -0.353 e. The fourth-order valence-corrected chi connectivity index (χ4v) is 3.00. The first-order chi connectivity index (χ1) is 9.79. The van der Waals surface area contributed by atoms with Gasteiger partial charge in [-0.1, -0.05) is 13.8 Å². The van der Waals surface area contributed by atoms with Gasteiger partial charge in [-0.25, -0.2) is 4.98 Å². The second-order valence-electron chi connectivity index (χ2n) is 6.83. The minimum absolute atomic E-state index is 0.176. The number of likely N-dealkylation sites (N-methyl/N-ethyl adjacent to an activating group) is 1. The lowest BCUT2D eigenvalue weighted by Crippen LogP contribution is -2.58. The molecule has 0 unspecified atom stereocenters. The van der Waals surface area contributed by atoms with E-state index in [-0.39, 0.29) is 5.54 Å².